The van der Waals surface area contributed by atoms with E-state index in [1.54, 1.807) is 30.3 Å². The van der Waals surface area contributed by atoms with Crippen LogP contribution in [0, 0.1) is 0 Å². The molecule has 0 unspecified atom stereocenters. The summed E-state index contributed by atoms with van der Waals surface area (Å²) in [6.45, 7) is 0.300. The van der Waals surface area contributed by atoms with Crippen LogP contribution in [0.4, 0.5) is 5.69 Å². The summed E-state index contributed by atoms with van der Waals surface area (Å²) in [7, 11) is -3.80. The number of benzene rings is 2. The van der Waals surface area contributed by atoms with Crippen molar-refractivity contribution < 1.29 is 13.2 Å². The van der Waals surface area contributed by atoms with Crippen molar-refractivity contribution in [2.75, 3.05) is 11.9 Å². The number of nitrogens with zero attached hydrogens (tertiary/aromatic N) is 2. The Morgan fingerprint density at radius 3 is 2.68 bits per heavy atom. The topological polar surface area (TPSA) is 79.4 Å². The number of rotatable bonds is 4. The van der Waals surface area contributed by atoms with Gasteiger partial charge in [0.2, 0.25) is 15.9 Å². The number of hydrogen-bond donors (Lipinski definition) is 1. The molecule has 0 spiro atoms. The zero-order valence-electron chi connectivity index (χ0n) is 14.9. The number of carbonyl (C=O) groups excluding carboxylic acids is 1. The highest BCUT2D eigenvalue weighted by atomic mass is 35.5. The van der Waals surface area contributed by atoms with Crippen LogP contribution in [0.1, 0.15) is 12.8 Å². The van der Waals surface area contributed by atoms with Gasteiger partial charge in [0.05, 0.1) is 10.6 Å². The maximum atomic E-state index is 13.2. The van der Waals surface area contributed by atoms with Crippen LogP contribution in [0.2, 0.25) is 5.15 Å². The number of hydrogen-bond acceptors (Lipinski definition) is 4. The summed E-state index contributed by atoms with van der Waals surface area (Å²) in [5, 5.41) is 4.66. The van der Waals surface area contributed by atoms with E-state index in [9.17, 15) is 13.2 Å². The number of pyridine rings is 1. The van der Waals surface area contributed by atoms with Crippen LogP contribution < -0.4 is 5.32 Å². The van der Waals surface area contributed by atoms with Gasteiger partial charge in [0.15, 0.2) is 5.15 Å². The molecule has 1 aliphatic heterocycles. The molecule has 0 bridgehead atoms. The van der Waals surface area contributed by atoms with Gasteiger partial charge in [-0.15, -0.1) is 0 Å². The number of halogens is 1. The van der Waals surface area contributed by atoms with Crippen molar-refractivity contribution in [1.82, 2.24) is 9.29 Å². The van der Waals surface area contributed by atoms with E-state index in [1.165, 1.54) is 10.5 Å². The van der Waals surface area contributed by atoms with Gasteiger partial charge in [0, 0.05) is 12.7 Å². The maximum Gasteiger partial charge on any atom is 0.243 e. The molecule has 28 heavy (non-hydrogen) atoms. The summed E-state index contributed by atoms with van der Waals surface area (Å²) < 4.78 is 27.7. The van der Waals surface area contributed by atoms with Gasteiger partial charge in [-0.2, -0.15) is 4.31 Å². The molecule has 0 radical (unpaired) electrons. The first-order chi connectivity index (χ1) is 13.5. The average Bonchev–Trinajstić information content (AvgIpc) is 3.20. The highest BCUT2D eigenvalue weighted by molar-refractivity contribution is 7.89. The molecule has 1 fully saturated rings. The highest BCUT2D eigenvalue weighted by Crippen LogP contribution is 2.29. The van der Waals surface area contributed by atoms with E-state index in [1.807, 2.05) is 24.3 Å². The Labute approximate surface area is 168 Å². The van der Waals surface area contributed by atoms with Crippen LogP contribution in [0.25, 0.3) is 10.8 Å². The zero-order chi connectivity index (χ0) is 19.7. The summed E-state index contributed by atoms with van der Waals surface area (Å²) >= 11 is 5.99. The van der Waals surface area contributed by atoms with E-state index in [2.05, 4.69) is 10.3 Å². The Morgan fingerprint density at radius 2 is 1.89 bits per heavy atom. The van der Waals surface area contributed by atoms with E-state index in [4.69, 9.17) is 11.6 Å². The number of carbonyl (C=O) groups is 1. The van der Waals surface area contributed by atoms with Crippen LogP contribution in [0.3, 0.4) is 0 Å². The minimum absolute atomic E-state index is 0.165. The molecule has 144 valence electrons. The number of amides is 1. The summed E-state index contributed by atoms with van der Waals surface area (Å²) in [5.41, 5.74) is 0.365. The first-order valence-corrected chi connectivity index (χ1v) is 10.7. The molecule has 1 N–H and O–H groups in total. The molecule has 1 amide bonds. The van der Waals surface area contributed by atoms with E-state index in [-0.39, 0.29) is 10.0 Å². The molecule has 2 heterocycles. The molecule has 0 aliphatic carbocycles. The van der Waals surface area contributed by atoms with Crippen LogP contribution in [0.15, 0.2) is 65.7 Å². The third kappa shape index (κ3) is 3.48. The zero-order valence-corrected chi connectivity index (χ0v) is 16.4. The third-order valence-electron chi connectivity index (χ3n) is 4.85. The minimum atomic E-state index is -3.80. The predicted molar refractivity (Wildman–Crippen MR) is 109 cm³/mol. The third-order valence-corrected chi connectivity index (χ3v) is 7.06. The van der Waals surface area contributed by atoms with E-state index in [0.29, 0.717) is 25.1 Å². The van der Waals surface area contributed by atoms with Gasteiger partial charge in [-0.3, -0.25) is 4.79 Å². The van der Waals surface area contributed by atoms with Gasteiger partial charge >= 0.3 is 0 Å². The SMILES string of the molecule is O=C(Nc1cccnc1Cl)[C@H]1CCCN1S(=O)(=O)c1ccc2ccccc2c1. The van der Waals surface area contributed by atoms with Crippen LogP contribution in [-0.2, 0) is 14.8 Å². The van der Waals surface area contributed by atoms with E-state index < -0.39 is 22.0 Å². The van der Waals surface area contributed by atoms with Crippen molar-refractivity contribution in [3.63, 3.8) is 0 Å². The lowest BCUT2D eigenvalue weighted by Crippen LogP contribution is -2.43. The molecule has 1 atom stereocenters. The fourth-order valence-electron chi connectivity index (χ4n) is 3.45. The number of anilines is 1. The Balaban J connectivity index is 1.62. The van der Waals surface area contributed by atoms with Gasteiger partial charge in [-0.25, -0.2) is 13.4 Å². The lowest BCUT2D eigenvalue weighted by atomic mass is 10.1. The van der Waals surface area contributed by atoms with Crippen LogP contribution in [-0.4, -0.2) is 36.2 Å². The molecule has 6 nitrogen and oxygen atoms in total. The lowest BCUT2D eigenvalue weighted by molar-refractivity contribution is -0.119. The van der Waals surface area contributed by atoms with Gasteiger partial charge in [0.1, 0.15) is 6.04 Å². The first-order valence-electron chi connectivity index (χ1n) is 8.89. The molecule has 8 heteroatoms. The van der Waals surface area contributed by atoms with Crippen LogP contribution >= 0.6 is 11.6 Å². The van der Waals surface area contributed by atoms with Crippen molar-refractivity contribution in [2.45, 2.75) is 23.8 Å². The molecule has 1 aromatic heterocycles. The summed E-state index contributed by atoms with van der Waals surface area (Å²) in [4.78, 5) is 16.9. The second kappa shape index (κ2) is 7.50. The fourth-order valence-corrected chi connectivity index (χ4v) is 5.31. The van der Waals surface area contributed by atoms with Gasteiger partial charge in [-0.1, -0.05) is 41.9 Å². The number of aromatic nitrogens is 1. The second-order valence-corrected chi connectivity index (χ2v) is 8.86. The lowest BCUT2D eigenvalue weighted by Gasteiger charge is -2.23. The summed E-state index contributed by atoms with van der Waals surface area (Å²) in [5.74, 6) is -0.406. The van der Waals surface area contributed by atoms with Gasteiger partial charge < -0.3 is 5.32 Å². The molecule has 1 saturated heterocycles. The fraction of sp³-hybridized carbons (Fsp3) is 0.200. The Hall–Kier alpha value is -2.48. The molecular weight excluding hydrogens is 398 g/mol. The second-order valence-electron chi connectivity index (χ2n) is 6.61. The largest absolute Gasteiger partial charge is 0.322 e. The molecule has 4 rings (SSSR count). The van der Waals surface area contributed by atoms with Gasteiger partial charge in [0.25, 0.3) is 0 Å². The van der Waals surface area contributed by atoms with E-state index >= 15 is 0 Å². The standard InChI is InChI=1S/C20H18ClN3O3S/c21-19-17(7-3-11-22-19)23-20(25)18-8-4-12-24(18)28(26,27)16-10-9-14-5-1-2-6-15(14)13-16/h1-3,5-7,9-11,13,18H,4,8,12H2,(H,23,25)/t18-/m1/s1. The Kier molecular flexibility index (Phi) is 5.05. The molecular formula is C20H18ClN3O3S. The maximum absolute atomic E-state index is 13.2. The predicted octanol–water partition coefficient (Wildman–Crippen LogP) is 3.68. The van der Waals surface area contributed by atoms with Gasteiger partial charge in [-0.05, 0) is 47.9 Å². The Bertz CT molecular complexity index is 1150. The molecule has 2 aromatic carbocycles. The highest BCUT2D eigenvalue weighted by Gasteiger charge is 2.39. The summed E-state index contributed by atoms with van der Waals surface area (Å²) in [6, 6.07) is 15.1. The quantitative estimate of drug-likeness (QED) is 0.659. The monoisotopic (exact) mass is 415 g/mol. The van der Waals surface area contributed by atoms with Crippen molar-refractivity contribution in [1.29, 1.82) is 0 Å². The normalized spacial score (nSPS) is 17.7. The molecule has 0 saturated carbocycles. The smallest absolute Gasteiger partial charge is 0.243 e. The van der Waals surface area contributed by atoms with Crippen LogP contribution in [0.5, 0.6) is 0 Å². The van der Waals surface area contributed by atoms with Crippen molar-refractivity contribution >= 4 is 44.0 Å². The van der Waals surface area contributed by atoms with Crippen molar-refractivity contribution in [3.05, 3.63) is 65.9 Å². The average molecular weight is 416 g/mol. The molecule has 3 aromatic rings. The first kappa shape index (κ1) is 18.9. The number of nitrogens with one attached hydrogen (secondary N) is 1. The number of sulfonamides is 1. The van der Waals surface area contributed by atoms with Crippen molar-refractivity contribution in [2.24, 2.45) is 0 Å². The Morgan fingerprint density at radius 1 is 1.11 bits per heavy atom. The minimum Gasteiger partial charge on any atom is -0.322 e. The molecule has 1 aliphatic rings. The summed E-state index contributed by atoms with van der Waals surface area (Å²) in [6.07, 6.45) is 2.59. The van der Waals surface area contributed by atoms with Crippen molar-refractivity contribution in [3.8, 4) is 0 Å². The number of fused-ring (bicyclic) bond motifs is 1. The van der Waals surface area contributed by atoms with E-state index in [0.717, 1.165) is 10.8 Å².